The maximum Gasteiger partial charge on any atom is 0.229 e. The van der Waals surface area contributed by atoms with Crippen molar-refractivity contribution in [1.29, 1.82) is 0 Å². The summed E-state index contributed by atoms with van der Waals surface area (Å²) in [6.45, 7) is 1.08. The van der Waals surface area contributed by atoms with Crippen molar-refractivity contribution in [1.82, 2.24) is 15.5 Å². The van der Waals surface area contributed by atoms with Crippen LogP contribution in [0.25, 0.3) is 0 Å². The normalized spacial score (nSPS) is 27.9. The fourth-order valence-corrected chi connectivity index (χ4v) is 2.11. The zero-order chi connectivity index (χ0) is 9.38. The molecule has 1 aromatic heterocycles. The number of nitrogens with one attached hydrogen (secondary N) is 1. The highest BCUT2D eigenvalue weighted by Gasteiger charge is 2.28. The van der Waals surface area contributed by atoms with Gasteiger partial charge in [0.2, 0.25) is 5.89 Å². The molecule has 2 heterocycles. The van der Waals surface area contributed by atoms with Gasteiger partial charge in [0.15, 0.2) is 5.82 Å². The molecule has 1 saturated heterocycles. The zero-order valence-electron chi connectivity index (χ0n) is 8.20. The van der Waals surface area contributed by atoms with Gasteiger partial charge in [-0.2, -0.15) is 4.98 Å². The third-order valence-electron chi connectivity index (χ3n) is 3.28. The van der Waals surface area contributed by atoms with Crippen LogP contribution in [0.3, 0.4) is 0 Å². The Kier molecular flexibility index (Phi) is 2.01. The molecule has 0 bridgehead atoms. The van der Waals surface area contributed by atoms with E-state index in [0.29, 0.717) is 12.0 Å². The number of hydrogen-bond donors (Lipinski definition) is 1. The van der Waals surface area contributed by atoms with Crippen molar-refractivity contribution in [3.8, 4) is 0 Å². The number of aromatic nitrogens is 2. The van der Waals surface area contributed by atoms with Gasteiger partial charge >= 0.3 is 0 Å². The third kappa shape index (κ3) is 1.34. The van der Waals surface area contributed by atoms with Crippen LogP contribution in [0, 0.1) is 0 Å². The molecule has 0 radical (unpaired) electrons. The molecule has 2 aliphatic rings. The summed E-state index contributed by atoms with van der Waals surface area (Å²) in [5.41, 5.74) is 0. The van der Waals surface area contributed by atoms with Gasteiger partial charge in [0, 0.05) is 5.92 Å². The second kappa shape index (κ2) is 3.35. The zero-order valence-corrected chi connectivity index (χ0v) is 8.20. The largest absolute Gasteiger partial charge is 0.339 e. The summed E-state index contributed by atoms with van der Waals surface area (Å²) in [6.07, 6.45) is 6.12. The van der Waals surface area contributed by atoms with E-state index in [1.807, 2.05) is 0 Å². The first-order valence-corrected chi connectivity index (χ1v) is 5.50. The van der Waals surface area contributed by atoms with E-state index in [0.717, 1.165) is 24.7 Å². The second-order valence-corrected chi connectivity index (χ2v) is 4.27. The Bertz CT molecular complexity index is 313. The Labute approximate surface area is 83.1 Å². The van der Waals surface area contributed by atoms with E-state index in [9.17, 15) is 0 Å². The minimum absolute atomic E-state index is 0.340. The molecule has 0 amide bonds. The van der Waals surface area contributed by atoms with E-state index in [2.05, 4.69) is 15.5 Å². The Balaban J connectivity index is 1.75. The molecule has 14 heavy (non-hydrogen) atoms. The van der Waals surface area contributed by atoms with E-state index >= 15 is 0 Å². The van der Waals surface area contributed by atoms with Gasteiger partial charge < -0.3 is 9.84 Å². The summed E-state index contributed by atoms with van der Waals surface area (Å²) in [5, 5.41) is 7.43. The molecule has 1 saturated carbocycles. The molecule has 2 fully saturated rings. The maximum absolute atomic E-state index is 5.28. The van der Waals surface area contributed by atoms with Crippen LogP contribution >= 0.6 is 0 Å². The monoisotopic (exact) mass is 193 g/mol. The second-order valence-electron chi connectivity index (χ2n) is 4.27. The van der Waals surface area contributed by atoms with Crippen LogP contribution in [0.5, 0.6) is 0 Å². The molecule has 4 heteroatoms. The maximum atomic E-state index is 5.28. The summed E-state index contributed by atoms with van der Waals surface area (Å²) in [6, 6.07) is 0.340. The van der Waals surface area contributed by atoms with Gasteiger partial charge in [-0.3, -0.25) is 0 Å². The molecule has 0 aromatic carbocycles. The Morgan fingerprint density at radius 3 is 2.79 bits per heavy atom. The fraction of sp³-hybridized carbons (Fsp3) is 0.800. The minimum atomic E-state index is 0.340. The molecule has 1 N–H and O–H groups in total. The van der Waals surface area contributed by atoms with Gasteiger partial charge in [0.25, 0.3) is 0 Å². The van der Waals surface area contributed by atoms with Gasteiger partial charge in [0.1, 0.15) is 0 Å². The van der Waals surface area contributed by atoms with Crippen molar-refractivity contribution < 1.29 is 4.52 Å². The Morgan fingerprint density at radius 1 is 1.21 bits per heavy atom. The summed E-state index contributed by atoms with van der Waals surface area (Å²) in [5.74, 6) is 2.28. The van der Waals surface area contributed by atoms with Crippen molar-refractivity contribution in [3.63, 3.8) is 0 Å². The van der Waals surface area contributed by atoms with E-state index in [4.69, 9.17) is 4.52 Å². The predicted octanol–water partition coefficient (Wildman–Crippen LogP) is 1.76. The first kappa shape index (κ1) is 8.41. The average Bonchev–Trinajstić information content (AvgIpc) is 2.65. The van der Waals surface area contributed by atoms with Crippen LogP contribution in [0.2, 0.25) is 0 Å². The average molecular weight is 193 g/mol. The van der Waals surface area contributed by atoms with Crippen LogP contribution in [-0.4, -0.2) is 16.7 Å². The lowest BCUT2D eigenvalue weighted by atomic mass is 9.85. The van der Waals surface area contributed by atoms with E-state index in [1.54, 1.807) is 0 Å². The summed E-state index contributed by atoms with van der Waals surface area (Å²) in [4.78, 5) is 4.47. The molecular formula is C10H15N3O. The first-order chi connectivity index (χ1) is 6.93. The van der Waals surface area contributed by atoms with E-state index in [-0.39, 0.29) is 0 Å². The van der Waals surface area contributed by atoms with Crippen LogP contribution in [0.1, 0.15) is 55.8 Å². The molecule has 4 nitrogen and oxygen atoms in total. The van der Waals surface area contributed by atoms with Crippen molar-refractivity contribution in [2.24, 2.45) is 0 Å². The predicted molar refractivity (Wildman–Crippen MR) is 50.9 cm³/mol. The smallest absolute Gasteiger partial charge is 0.229 e. The van der Waals surface area contributed by atoms with Crippen LogP contribution in [0.15, 0.2) is 4.52 Å². The van der Waals surface area contributed by atoms with Gasteiger partial charge in [0.05, 0.1) is 6.04 Å². The lowest BCUT2D eigenvalue weighted by Gasteiger charge is -2.20. The standard InChI is InChI=1S/C10H15N3O/c1-3-7(4-1)10-12-9(13-14-10)8-5-2-6-11-8/h7-8,11H,1-6H2. The van der Waals surface area contributed by atoms with Crippen molar-refractivity contribution in [2.45, 2.75) is 44.1 Å². The van der Waals surface area contributed by atoms with E-state index < -0.39 is 0 Å². The van der Waals surface area contributed by atoms with Crippen LogP contribution in [-0.2, 0) is 0 Å². The summed E-state index contributed by atoms with van der Waals surface area (Å²) >= 11 is 0. The van der Waals surface area contributed by atoms with E-state index in [1.165, 1.54) is 25.7 Å². The number of nitrogens with zero attached hydrogens (tertiary/aromatic N) is 2. The molecule has 3 rings (SSSR count). The lowest BCUT2D eigenvalue weighted by Crippen LogP contribution is -2.15. The molecular weight excluding hydrogens is 178 g/mol. The highest BCUT2D eigenvalue weighted by molar-refractivity contribution is 5.02. The topological polar surface area (TPSA) is 51.0 Å². The first-order valence-electron chi connectivity index (χ1n) is 5.50. The molecule has 1 unspecified atom stereocenters. The van der Waals surface area contributed by atoms with Gasteiger partial charge in [-0.25, -0.2) is 0 Å². The molecule has 1 aliphatic carbocycles. The molecule has 0 spiro atoms. The molecule has 1 aromatic rings. The van der Waals surface area contributed by atoms with Gasteiger partial charge in [-0.05, 0) is 32.2 Å². The Morgan fingerprint density at radius 2 is 2.14 bits per heavy atom. The van der Waals surface area contributed by atoms with Crippen molar-refractivity contribution in [2.75, 3.05) is 6.54 Å². The molecule has 76 valence electrons. The van der Waals surface area contributed by atoms with Crippen LogP contribution < -0.4 is 5.32 Å². The lowest BCUT2D eigenvalue weighted by molar-refractivity contribution is 0.290. The van der Waals surface area contributed by atoms with Crippen LogP contribution in [0.4, 0.5) is 0 Å². The molecule has 1 aliphatic heterocycles. The molecule has 1 atom stereocenters. The highest BCUT2D eigenvalue weighted by atomic mass is 16.5. The highest BCUT2D eigenvalue weighted by Crippen LogP contribution is 2.35. The third-order valence-corrected chi connectivity index (χ3v) is 3.28. The van der Waals surface area contributed by atoms with Crippen molar-refractivity contribution in [3.05, 3.63) is 11.7 Å². The Hall–Kier alpha value is -0.900. The summed E-state index contributed by atoms with van der Waals surface area (Å²) in [7, 11) is 0. The SMILES string of the molecule is C1CC(c2nc(C3CCCN3)no2)C1. The number of hydrogen-bond acceptors (Lipinski definition) is 4. The fourth-order valence-electron chi connectivity index (χ4n) is 2.11. The quantitative estimate of drug-likeness (QED) is 0.777. The summed E-state index contributed by atoms with van der Waals surface area (Å²) < 4.78 is 5.28. The van der Waals surface area contributed by atoms with Crippen molar-refractivity contribution >= 4 is 0 Å². The van der Waals surface area contributed by atoms with Gasteiger partial charge in [-0.1, -0.05) is 11.6 Å². The van der Waals surface area contributed by atoms with Gasteiger partial charge in [-0.15, -0.1) is 0 Å². The minimum Gasteiger partial charge on any atom is -0.339 e. The number of rotatable bonds is 2.